The third-order valence-corrected chi connectivity index (χ3v) is 1.97. The molecular weight excluding hydrogens is 176 g/mol. The summed E-state index contributed by atoms with van der Waals surface area (Å²) in [5.41, 5.74) is 7.36. The Morgan fingerprint density at radius 1 is 1.29 bits per heavy atom. The third kappa shape index (κ3) is 3.18. The molecule has 1 rings (SSSR count). The molecule has 3 heteroatoms. The van der Waals surface area contributed by atoms with Crippen LogP contribution >= 0.6 is 0 Å². The molecule has 3 nitrogen and oxygen atoms in total. The Morgan fingerprint density at radius 3 is 2.36 bits per heavy atom. The summed E-state index contributed by atoms with van der Waals surface area (Å²) in [7, 11) is 4.00. The van der Waals surface area contributed by atoms with Gasteiger partial charge in [-0.2, -0.15) is 0 Å². The van der Waals surface area contributed by atoms with Crippen LogP contribution in [0.15, 0.2) is 24.3 Å². The van der Waals surface area contributed by atoms with Crippen molar-refractivity contribution in [3.8, 4) is 0 Å². The zero-order chi connectivity index (χ0) is 10.6. The molecule has 0 unspecified atom stereocenters. The number of carbonyl (C=O) groups is 1. The normalized spacial score (nSPS) is 10.5. The summed E-state index contributed by atoms with van der Waals surface area (Å²) >= 11 is 0. The molecule has 14 heavy (non-hydrogen) atoms. The first-order valence-electron chi connectivity index (χ1n) is 4.59. The molecule has 0 aliphatic carbocycles. The van der Waals surface area contributed by atoms with Crippen LogP contribution in [0.2, 0.25) is 0 Å². The first-order chi connectivity index (χ1) is 6.59. The molecule has 0 bridgehead atoms. The first-order valence-corrected chi connectivity index (χ1v) is 4.59. The standard InChI is InChI=1S/C11H16N2O/c1-13(2)8-10-6-4-3-5-9(10)7-11(12)14/h3-6H,7-8H2,1-2H3,(H2,12,14). The Labute approximate surface area is 84.5 Å². The fraction of sp³-hybridized carbons (Fsp3) is 0.364. The second-order valence-electron chi connectivity index (χ2n) is 3.65. The van der Waals surface area contributed by atoms with Gasteiger partial charge in [-0.3, -0.25) is 4.79 Å². The average Bonchev–Trinajstić information content (AvgIpc) is 2.06. The topological polar surface area (TPSA) is 46.3 Å². The lowest BCUT2D eigenvalue weighted by Gasteiger charge is -2.13. The van der Waals surface area contributed by atoms with Crippen LogP contribution in [0.4, 0.5) is 0 Å². The second-order valence-corrected chi connectivity index (χ2v) is 3.65. The van der Waals surface area contributed by atoms with Crippen LogP contribution in [0, 0.1) is 0 Å². The van der Waals surface area contributed by atoms with Crippen LogP contribution in [0.25, 0.3) is 0 Å². The number of benzene rings is 1. The van der Waals surface area contributed by atoms with Crippen molar-refractivity contribution < 1.29 is 4.79 Å². The molecule has 2 N–H and O–H groups in total. The number of nitrogens with zero attached hydrogens (tertiary/aromatic N) is 1. The van der Waals surface area contributed by atoms with E-state index in [-0.39, 0.29) is 5.91 Å². The van der Waals surface area contributed by atoms with Gasteiger partial charge in [0.05, 0.1) is 6.42 Å². The zero-order valence-electron chi connectivity index (χ0n) is 8.66. The lowest BCUT2D eigenvalue weighted by molar-refractivity contribution is -0.117. The second kappa shape index (κ2) is 4.77. The van der Waals surface area contributed by atoms with Crippen molar-refractivity contribution in [3.63, 3.8) is 0 Å². The van der Waals surface area contributed by atoms with Crippen molar-refractivity contribution in [3.05, 3.63) is 35.4 Å². The van der Waals surface area contributed by atoms with Crippen molar-refractivity contribution >= 4 is 5.91 Å². The Hall–Kier alpha value is -1.35. The summed E-state index contributed by atoms with van der Waals surface area (Å²) in [6.45, 7) is 0.837. The first kappa shape index (κ1) is 10.7. The molecule has 1 aromatic rings. The van der Waals surface area contributed by atoms with Gasteiger partial charge in [0.25, 0.3) is 0 Å². The predicted octanol–water partition coefficient (Wildman–Crippen LogP) is 0.776. The number of nitrogens with two attached hydrogens (primary N) is 1. The maximum absolute atomic E-state index is 10.8. The van der Waals surface area contributed by atoms with E-state index in [0.29, 0.717) is 6.42 Å². The van der Waals surface area contributed by atoms with Crippen LogP contribution in [0.1, 0.15) is 11.1 Å². The van der Waals surface area contributed by atoms with E-state index in [1.165, 1.54) is 0 Å². The summed E-state index contributed by atoms with van der Waals surface area (Å²) in [5.74, 6) is -0.281. The number of hydrogen-bond acceptors (Lipinski definition) is 2. The van der Waals surface area contributed by atoms with Gasteiger partial charge in [-0.1, -0.05) is 24.3 Å². The van der Waals surface area contributed by atoms with Gasteiger partial charge in [0.2, 0.25) is 5.91 Å². The highest BCUT2D eigenvalue weighted by Gasteiger charge is 2.05. The predicted molar refractivity (Wildman–Crippen MR) is 56.7 cm³/mol. The van der Waals surface area contributed by atoms with Crippen molar-refractivity contribution in [2.75, 3.05) is 14.1 Å². The molecule has 0 fully saturated rings. The zero-order valence-corrected chi connectivity index (χ0v) is 8.66. The molecule has 76 valence electrons. The van der Waals surface area contributed by atoms with Crippen molar-refractivity contribution in [2.45, 2.75) is 13.0 Å². The summed E-state index contributed by atoms with van der Waals surface area (Å²) < 4.78 is 0. The van der Waals surface area contributed by atoms with Gasteiger partial charge < -0.3 is 10.6 Å². The lowest BCUT2D eigenvalue weighted by atomic mass is 10.0. The number of carbonyl (C=O) groups excluding carboxylic acids is 1. The molecular formula is C11H16N2O. The van der Waals surface area contributed by atoms with E-state index in [2.05, 4.69) is 4.90 Å². The maximum Gasteiger partial charge on any atom is 0.221 e. The minimum Gasteiger partial charge on any atom is -0.369 e. The smallest absolute Gasteiger partial charge is 0.221 e. The number of amides is 1. The molecule has 0 saturated heterocycles. The summed E-state index contributed by atoms with van der Waals surface area (Å²) in [6, 6.07) is 7.88. The largest absolute Gasteiger partial charge is 0.369 e. The van der Waals surface area contributed by atoms with E-state index in [4.69, 9.17) is 5.73 Å². The van der Waals surface area contributed by atoms with Crippen molar-refractivity contribution in [1.29, 1.82) is 0 Å². The molecule has 1 amide bonds. The number of rotatable bonds is 4. The van der Waals surface area contributed by atoms with Gasteiger partial charge in [0.1, 0.15) is 0 Å². The quantitative estimate of drug-likeness (QED) is 0.766. The number of primary amides is 1. The van der Waals surface area contributed by atoms with Gasteiger partial charge in [-0.25, -0.2) is 0 Å². The minimum atomic E-state index is -0.281. The lowest BCUT2D eigenvalue weighted by Crippen LogP contribution is -2.17. The molecule has 1 aromatic carbocycles. The molecule has 0 aliphatic heterocycles. The molecule has 0 aromatic heterocycles. The van der Waals surface area contributed by atoms with E-state index in [1.807, 2.05) is 38.4 Å². The van der Waals surface area contributed by atoms with E-state index in [0.717, 1.165) is 17.7 Å². The Bertz CT molecular complexity index is 321. The number of hydrogen-bond donors (Lipinski definition) is 1. The van der Waals surface area contributed by atoms with Crippen LogP contribution in [0.3, 0.4) is 0 Å². The Kier molecular flexibility index (Phi) is 3.65. The van der Waals surface area contributed by atoms with Crippen molar-refractivity contribution in [1.82, 2.24) is 4.90 Å². The highest BCUT2D eigenvalue weighted by atomic mass is 16.1. The van der Waals surface area contributed by atoms with Crippen LogP contribution < -0.4 is 5.73 Å². The molecule has 0 heterocycles. The van der Waals surface area contributed by atoms with Crippen LogP contribution in [-0.2, 0) is 17.8 Å². The van der Waals surface area contributed by atoms with Gasteiger partial charge >= 0.3 is 0 Å². The third-order valence-electron chi connectivity index (χ3n) is 1.97. The maximum atomic E-state index is 10.8. The minimum absolute atomic E-state index is 0.281. The molecule has 0 spiro atoms. The highest BCUT2D eigenvalue weighted by Crippen LogP contribution is 2.10. The SMILES string of the molecule is CN(C)Cc1ccccc1CC(N)=O. The van der Waals surface area contributed by atoms with Crippen LogP contribution in [-0.4, -0.2) is 24.9 Å². The molecule has 0 saturated carbocycles. The van der Waals surface area contributed by atoms with Crippen molar-refractivity contribution in [2.24, 2.45) is 5.73 Å². The Balaban J connectivity index is 2.85. The van der Waals surface area contributed by atoms with Gasteiger partial charge in [-0.15, -0.1) is 0 Å². The van der Waals surface area contributed by atoms with Crippen LogP contribution in [0.5, 0.6) is 0 Å². The highest BCUT2D eigenvalue weighted by molar-refractivity contribution is 5.76. The van der Waals surface area contributed by atoms with E-state index in [9.17, 15) is 4.79 Å². The fourth-order valence-corrected chi connectivity index (χ4v) is 1.41. The van der Waals surface area contributed by atoms with E-state index < -0.39 is 0 Å². The van der Waals surface area contributed by atoms with E-state index >= 15 is 0 Å². The molecule has 0 atom stereocenters. The molecule has 0 radical (unpaired) electrons. The van der Waals surface area contributed by atoms with E-state index in [1.54, 1.807) is 0 Å². The van der Waals surface area contributed by atoms with Gasteiger partial charge in [0, 0.05) is 6.54 Å². The van der Waals surface area contributed by atoms with Gasteiger partial charge in [-0.05, 0) is 25.2 Å². The summed E-state index contributed by atoms with van der Waals surface area (Å²) in [4.78, 5) is 12.9. The Morgan fingerprint density at radius 2 is 1.86 bits per heavy atom. The summed E-state index contributed by atoms with van der Waals surface area (Å²) in [5, 5.41) is 0. The molecule has 0 aliphatic rings. The van der Waals surface area contributed by atoms with Gasteiger partial charge in [0.15, 0.2) is 0 Å². The fourth-order valence-electron chi connectivity index (χ4n) is 1.41. The average molecular weight is 192 g/mol. The summed E-state index contributed by atoms with van der Waals surface area (Å²) in [6.07, 6.45) is 0.323. The monoisotopic (exact) mass is 192 g/mol.